The molecule has 0 radical (unpaired) electrons. The van der Waals surface area contributed by atoms with Crippen molar-refractivity contribution in [1.82, 2.24) is 15.3 Å². The fourth-order valence-corrected chi connectivity index (χ4v) is 2.96. The molecular weight excluding hydrogens is 364 g/mol. The molecule has 0 saturated heterocycles. The number of hydrogen-bond acceptors (Lipinski definition) is 6. The summed E-state index contributed by atoms with van der Waals surface area (Å²) in [7, 11) is 0. The number of anilines is 1. The highest BCUT2D eigenvalue weighted by atomic mass is 16.5. The first-order valence-corrected chi connectivity index (χ1v) is 8.85. The summed E-state index contributed by atoms with van der Waals surface area (Å²) in [6.45, 7) is 6.22. The summed E-state index contributed by atoms with van der Waals surface area (Å²) in [6, 6.07) is 4.72. The molecule has 0 fully saturated rings. The number of carboxylic acid groups (broad SMARTS) is 1. The van der Waals surface area contributed by atoms with Gasteiger partial charge in [-0.2, -0.15) is 4.98 Å². The standard InChI is InChI=1S/C19H22N4O5/c1-4-14(23-18(25)26)16(24)22-15-8-20-10-21-17(15)28-12-6-5-11-9-27-19(2,3)13(11)7-12/h5-8,10,14,23H,4,9H2,1-3H3,(H,22,24)(H,25,26)/t14-/m1/s1. The predicted molar refractivity (Wildman–Crippen MR) is 100 cm³/mol. The lowest BCUT2D eigenvalue weighted by Gasteiger charge is -2.19. The zero-order valence-electron chi connectivity index (χ0n) is 15.9. The Morgan fingerprint density at radius 1 is 1.39 bits per heavy atom. The molecule has 1 aliphatic heterocycles. The molecule has 1 aromatic heterocycles. The van der Waals surface area contributed by atoms with Gasteiger partial charge in [-0.25, -0.2) is 9.78 Å². The Morgan fingerprint density at radius 2 is 2.18 bits per heavy atom. The first-order valence-electron chi connectivity index (χ1n) is 8.85. The van der Waals surface area contributed by atoms with Gasteiger partial charge in [0.15, 0.2) is 0 Å². The number of rotatable bonds is 6. The van der Waals surface area contributed by atoms with Gasteiger partial charge in [0.1, 0.15) is 23.8 Å². The number of aromatic nitrogens is 2. The number of amides is 2. The maximum absolute atomic E-state index is 12.4. The van der Waals surface area contributed by atoms with E-state index >= 15 is 0 Å². The molecule has 0 spiro atoms. The van der Waals surface area contributed by atoms with Crippen LogP contribution in [0, 0.1) is 0 Å². The Labute approximate surface area is 162 Å². The van der Waals surface area contributed by atoms with Crippen molar-refractivity contribution in [2.75, 3.05) is 5.32 Å². The summed E-state index contributed by atoms with van der Waals surface area (Å²) < 4.78 is 11.6. The minimum atomic E-state index is -1.27. The van der Waals surface area contributed by atoms with E-state index in [2.05, 4.69) is 20.6 Å². The summed E-state index contributed by atoms with van der Waals surface area (Å²) in [5, 5.41) is 13.6. The van der Waals surface area contributed by atoms with Gasteiger partial charge in [-0.15, -0.1) is 0 Å². The van der Waals surface area contributed by atoms with Crippen LogP contribution >= 0.6 is 0 Å². The highest BCUT2D eigenvalue weighted by molar-refractivity contribution is 5.97. The van der Waals surface area contributed by atoms with Crippen LogP contribution < -0.4 is 15.4 Å². The highest BCUT2D eigenvalue weighted by Crippen LogP contribution is 2.38. The van der Waals surface area contributed by atoms with Crippen LogP contribution in [0.5, 0.6) is 11.6 Å². The minimum Gasteiger partial charge on any atom is -0.465 e. The van der Waals surface area contributed by atoms with E-state index in [1.54, 1.807) is 13.0 Å². The quantitative estimate of drug-likeness (QED) is 0.697. The molecule has 2 amide bonds. The number of benzene rings is 1. The molecule has 3 rings (SSSR count). The lowest BCUT2D eigenvalue weighted by Crippen LogP contribution is -2.42. The number of carbonyl (C=O) groups excluding carboxylic acids is 1. The minimum absolute atomic E-state index is 0.158. The maximum Gasteiger partial charge on any atom is 0.405 e. The molecular formula is C19H22N4O5. The summed E-state index contributed by atoms with van der Waals surface area (Å²) >= 11 is 0. The summed E-state index contributed by atoms with van der Waals surface area (Å²) in [6.07, 6.45) is 1.72. The zero-order valence-corrected chi connectivity index (χ0v) is 15.9. The number of ether oxygens (including phenoxy) is 2. The van der Waals surface area contributed by atoms with Crippen LogP contribution in [0.25, 0.3) is 0 Å². The van der Waals surface area contributed by atoms with Crippen LogP contribution in [-0.2, 0) is 21.7 Å². The molecule has 0 aliphatic carbocycles. The van der Waals surface area contributed by atoms with Gasteiger partial charge < -0.3 is 25.2 Å². The van der Waals surface area contributed by atoms with E-state index in [0.29, 0.717) is 18.8 Å². The normalized spacial score (nSPS) is 15.4. The van der Waals surface area contributed by atoms with Crippen molar-refractivity contribution >= 4 is 17.7 Å². The van der Waals surface area contributed by atoms with Crippen molar-refractivity contribution in [3.63, 3.8) is 0 Å². The van der Waals surface area contributed by atoms with Crippen molar-refractivity contribution < 1.29 is 24.2 Å². The van der Waals surface area contributed by atoms with Gasteiger partial charge >= 0.3 is 6.09 Å². The van der Waals surface area contributed by atoms with Crippen molar-refractivity contribution in [1.29, 1.82) is 0 Å². The lowest BCUT2D eigenvalue weighted by atomic mass is 9.96. The number of nitrogens with one attached hydrogen (secondary N) is 2. The average Bonchev–Trinajstić information content (AvgIpc) is 2.95. The van der Waals surface area contributed by atoms with Gasteiger partial charge in [-0.05, 0) is 43.5 Å². The molecule has 9 heteroatoms. The molecule has 0 unspecified atom stereocenters. The van der Waals surface area contributed by atoms with E-state index in [4.69, 9.17) is 14.6 Å². The molecule has 3 N–H and O–H groups in total. The second-order valence-corrected chi connectivity index (χ2v) is 6.86. The van der Waals surface area contributed by atoms with Gasteiger partial charge in [0.05, 0.1) is 18.4 Å². The first kappa shape index (κ1) is 19.6. The Balaban J connectivity index is 1.80. The Kier molecular flexibility index (Phi) is 5.46. The third kappa shape index (κ3) is 4.20. The van der Waals surface area contributed by atoms with Gasteiger partial charge in [0, 0.05) is 0 Å². The van der Waals surface area contributed by atoms with Crippen LogP contribution in [0.1, 0.15) is 38.3 Å². The second-order valence-electron chi connectivity index (χ2n) is 6.86. The third-order valence-electron chi connectivity index (χ3n) is 4.49. The van der Waals surface area contributed by atoms with Crippen molar-refractivity contribution in [3.05, 3.63) is 41.9 Å². The zero-order chi connectivity index (χ0) is 20.3. The van der Waals surface area contributed by atoms with Crippen molar-refractivity contribution in [2.24, 2.45) is 0 Å². The van der Waals surface area contributed by atoms with Crippen LogP contribution in [0.15, 0.2) is 30.7 Å². The second kappa shape index (κ2) is 7.81. The molecule has 2 aromatic rings. The number of carbonyl (C=O) groups is 2. The fourth-order valence-electron chi connectivity index (χ4n) is 2.96. The van der Waals surface area contributed by atoms with E-state index in [9.17, 15) is 9.59 Å². The molecule has 1 atom stereocenters. The van der Waals surface area contributed by atoms with E-state index < -0.39 is 23.6 Å². The molecule has 148 valence electrons. The molecule has 28 heavy (non-hydrogen) atoms. The molecule has 1 aliphatic rings. The molecule has 0 saturated carbocycles. The Bertz CT molecular complexity index is 900. The van der Waals surface area contributed by atoms with Crippen molar-refractivity contribution in [2.45, 2.75) is 45.4 Å². The number of fused-ring (bicyclic) bond motifs is 1. The van der Waals surface area contributed by atoms with Crippen LogP contribution in [0.2, 0.25) is 0 Å². The SMILES string of the molecule is CC[C@@H](NC(=O)O)C(=O)Nc1cncnc1Oc1ccc2c(c1)C(C)(C)OC2. The molecule has 1 aromatic carbocycles. The van der Waals surface area contributed by atoms with E-state index in [1.807, 2.05) is 26.0 Å². The van der Waals surface area contributed by atoms with Crippen LogP contribution in [0.4, 0.5) is 10.5 Å². The topological polar surface area (TPSA) is 123 Å². The smallest absolute Gasteiger partial charge is 0.405 e. The van der Waals surface area contributed by atoms with Crippen LogP contribution in [0.3, 0.4) is 0 Å². The summed E-state index contributed by atoms with van der Waals surface area (Å²) in [5.74, 6) is 0.181. The Morgan fingerprint density at radius 3 is 2.89 bits per heavy atom. The van der Waals surface area contributed by atoms with Crippen molar-refractivity contribution in [3.8, 4) is 11.6 Å². The van der Waals surface area contributed by atoms with Gasteiger partial charge in [-0.1, -0.05) is 13.0 Å². The van der Waals surface area contributed by atoms with Crippen LogP contribution in [-0.4, -0.2) is 33.1 Å². The molecule has 9 nitrogen and oxygen atoms in total. The van der Waals surface area contributed by atoms with Gasteiger partial charge in [0.25, 0.3) is 0 Å². The predicted octanol–water partition coefficient (Wildman–Crippen LogP) is 3.02. The maximum atomic E-state index is 12.4. The first-order chi connectivity index (χ1) is 13.3. The molecule has 2 heterocycles. The van der Waals surface area contributed by atoms with E-state index in [-0.39, 0.29) is 11.6 Å². The monoisotopic (exact) mass is 386 g/mol. The van der Waals surface area contributed by atoms with Gasteiger partial charge in [-0.3, -0.25) is 4.79 Å². The largest absolute Gasteiger partial charge is 0.465 e. The van der Waals surface area contributed by atoms with E-state index in [0.717, 1.165) is 11.1 Å². The molecule has 0 bridgehead atoms. The Hall–Kier alpha value is -3.20. The number of nitrogens with zero attached hydrogens (tertiary/aromatic N) is 2. The summed E-state index contributed by atoms with van der Waals surface area (Å²) in [5.41, 5.74) is 1.96. The van der Waals surface area contributed by atoms with E-state index in [1.165, 1.54) is 12.5 Å². The lowest BCUT2D eigenvalue weighted by molar-refractivity contribution is -0.118. The number of hydrogen-bond donors (Lipinski definition) is 3. The third-order valence-corrected chi connectivity index (χ3v) is 4.49. The van der Waals surface area contributed by atoms with Gasteiger partial charge in [0.2, 0.25) is 11.8 Å². The summed E-state index contributed by atoms with van der Waals surface area (Å²) in [4.78, 5) is 31.2. The highest BCUT2D eigenvalue weighted by Gasteiger charge is 2.31. The fraction of sp³-hybridized carbons (Fsp3) is 0.368. The average molecular weight is 386 g/mol.